The maximum absolute atomic E-state index is 13.0. The van der Waals surface area contributed by atoms with E-state index in [-0.39, 0.29) is 5.91 Å². The number of hydrogen-bond acceptors (Lipinski definition) is 5. The van der Waals surface area contributed by atoms with Gasteiger partial charge < -0.3 is 10.7 Å². The van der Waals surface area contributed by atoms with Crippen molar-refractivity contribution in [3.8, 4) is 16.9 Å². The number of fused-ring (bicyclic) bond motifs is 1. The van der Waals surface area contributed by atoms with Gasteiger partial charge in [-0.15, -0.1) is 11.3 Å². The molecule has 30 heavy (non-hydrogen) atoms. The quantitative estimate of drug-likeness (QED) is 0.461. The average molecular weight is 418 g/mol. The topological polar surface area (TPSA) is 119 Å². The lowest BCUT2D eigenvalue weighted by Crippen LogP contribution is -2.14. The molecule has 0 aliphatic heterocycles. The normalized spacial score (nSPS) is 12.7. The Kier molecular flexibility index (Phi) is 4.44. The number of aromatic nitrogens is 4. The number of para-hydroxylation sites is 1. The third-order valence-corrected chi connectivity index (χ3v) is 5.87. The second-order valence-corrected chi connectivity index (χ2v) is 7.89. The summed E-state index contributed by atoms with van der Waals surface area (Å²) < 4.78 is 1.87. The van der Waals surface area contributed by atoms with E-state index in [1.165, 1.54) is 11.3 Å². The highest BCUT2D eigenvalue weighted by molar-refractivity contribution is 7.14. The molecule has 3 aromatic heterocycles. The lowest BCUT2D eigenvalue weighted by molar-refractivity contribution is 0.0993. The van der Waals surface area contributed by atoms with E-state index in [0.717, 1.165) is 41.8 Å². The predicted octanol–water partition coefficient (Wildman–Crippen LogP) is 3.16. The van der Waals surface area contributed by atoms with Gasteiger partial charge in [0.25, 0.3) is 11.8 Å². The number of hydrogen-bond donors (Lipinski definition) is 3. The first-order valence-electron chi connectivity index (χ1n) is 9.52. The number of carbonyl (C=O) groups excluding carboxylic acids is 2. The van der Waals surface area contributed by atoms with Crippen molar-refractivity contribution in [2.45, 2.75) is 19.3 Å². The largest absolute Gasteiger partial charge is 0.364 e. The van der Waals surface area contributed by atoms with Gasteiger partial charge in [-0.05, 0) is 37.5 Å². The minimum Gasteiger partial charge on any atom is -0.364 e. The third kappa shape index (κ3) is 3.18. The lowest BCUT2D eigenvalue weighted by Gasteiger charge is -2.04. The van der Waals surface area contributed by atoms with Gasteiger partial charge in [-0.25, -0.2) is 9.67 Å². The summed E-state index contributed by atoms with van der Waals surface area (Å²) in [7, 11) is 0. The Morgan fingerprint density at radius 3 is 2.80 bits per heavy atom. The number of nitrogens with two attached hydrogens (primary N) is 1. The second-order valence-electron chi connectivity index (χ2n) is 7.03. The Morgan fingerprint density at radius 2 is 2.03 bits per heavy atom. The Balaban J connectivity index is 1.40. The van der Waals surface area contributed by atoms with Crippen molar-refractivity contribution in [1.82, 2.24) is 19.7 Å². The maximum atomic E-state index is 13.0. The number of benzene rings is 1. The Hall–Kier alpha value is -3.72. The number of thiazole rings is 1. The zero-order valence-corrected chi connectivity index (χ0v) is 16.7. The number of nitrogens with zero attached hydrogens (tertiary/aromatic N) is 3. The third-order valence-electron chi connectivity index (χ3n) is 5.11. The Morgan fingerprint density at radius 1 is 1.20 bits per heavy atom. The van der Waals surface area contributed by atoms with Crippen LogP contribution < -0.4 is 11.1 Å². The van der Waals surface area contributed by atoms with Gasteiger partial charge in [0, 0.05) is 28.4 Å². The molecule has 0 bridgehead atoms. The molecule has 1 aliphatic rings. The van der Waals surface area contributed by atoms with E-state index >= 15 is 0 Å². The molecule has 1 aliphatic carbocycles. The fourth-order valence-corrected chi connectivity index (χ4v) is 4.42. The number of H-pyrrole nitrogens is 1. The first-order valence-corrected chi connectivity index (χ1v) is 10.4. The SMILES string of the molecule is NC(=O)c1cc(-c2csc(NC(=O)c3nn(-c4ccccc4)c4c3CCC4)n2)c[nH]1. The van der Waals surface area contributed by atoms with E-state index in [2.05, 4.69) is 20.4 Å². The van der Waals surface area contributed by atoms with Crippen LogP contribution in [0, 0.1) is 0 Å². The van der Waals surface area contributed by atoms with Gasteiger partial charge in [0.1, 0.15) is 5.69 Å². The molecule has 5 rings (SSSR count). The molecule has 3 heterocycles. The lowest BCUT2D eigenvalue weighted by atomic mass is 10.2. The molecule has 0 atom stereocenters. The van der Waals surface area contributed by atoms with Crippen LogP contribution in [-0.4, -0.2) is 31.6 Å². The summed E-state index contributed by atoms with van der Waals surface area (Å²) in [6.45, 7) is 0. The summed E-state index contributed by atoms with van der Waals surface area (Å²) in [5, 5.41) is 9.76. The Bertz CT molecular complexity index is 1250. The molecule has 0 saturated carbocycles. The number of nitrogens with one attached hydrogen (secondary N) is 2. The standard InChI is InChI=1S/C21H18N6O2S/c22-19(28)15-9-12(10-23-15)16-11-30-21(24-16)25-20(29)18-14-7-4-8-17(14)27(26-18)13-5-2-1-3-6-13/h1-3,5-6,9-11,23H,4,7-8H2,(H2,22,28)(H,24,25,29). The van der Waals surface area contributed by atoms with Crippen molar-refractivity contribution in [1.29, 1.82) is 0 Å². The maximum Gasteiger partial charge on any atom is 0.278 e. The van der Waals surface area contributed by atoms with Gasteiger partial charge in [-0.3, -0.25) is 14.9 Å². The minimum absolute atomic E-state index is 0.268. The molecule has 0 unspecified atom stereocenters. The number of amides is 2. The molecule has 4 N–H and O–H groups in total. The smallest absolute Gasteiger partial charge is 0.278 e. The van der Waals surface area contributed by atoms with Crippen LogP contribution in [-0.2, 0) is 12.8 Å². The summed E-state index contributed by atoms with van der Waals surface area (Å²) in [5.74, 6) is -0.802. The highest BCUT2D eigenvalue weighted by atomic mass is 32.1. The van der Waals surface area contributed by atoms with Crippen molar-refractivity contribution in [3.63, 3.8) is 0 Å². The van der Waals surface area contributed by atoms with Crippen molar-refractivity contribution in [2.75, 3.05) is 5.32 Å². The van der Waals surface area contributed by atoms with Gasteiger partial charge in [-0.2, -0.15) is 5.10 Å². The average Bonchev–Trinajstić information content (AvgIpc) is 3.51. The van der Waals surface area contributed by atoms with Gasteiger partial charge in [0.05, 0.1) is 11.4 Å². The van der Waals surface area contributed by atoms with Crippen molar-refractivity contribution >= 4 is 28.3 Å². The van der Waals surface area contributed by atoms with Crippen molar-refractivity contribution in [3.05, 3.63) is 70.6 Å². The van der Waals surface area contributed by atoms with E-state index in [0.29, 0.717) is 22.2 Å². The fraction of sp³-hybridized carbons (Fsp3) is 0.143. The number of rotatable bonds is 5. The number of anilines is 1. The molecule has 0 spiro atoms. The van der Waals surface area contributed by atoms with Crippen LogP contribution >= 0.6 is 11.3 Å². The zero-order valence-electron chi connectivity index (χ0n) is 15.9. The van der Waals surface area contributed by atoms with E-state index in [4.69, 9.17) is 5.73 Å². The molecular formula is C21H18N6O2S. The molecule has 150 valence electrons. The molecule has 0 radical (unpaired) electrons. The monoisotopic (exact) mass is 418 g/mol. The predicted molar refractivity (Wildman–Crippen MR) is 114 cm³/mol. The second kappa shape index (κ2) is 7.27. The summed E-state index contributed by atoms with van der Waals surface area (Å²) in [6.07, 6.45) is 4.42. The van der Waals surface area contributed by atoms with E-state index in [1.54, 1.807) is 12.3 Å². The first-order chi connectivity index (χ1) is 14.6. The molecule has 2 amide bonds. The molecule has 9 heteroatoms. The van der Waals surface area contributed by atoms with E-state index in [9.17, 15) is 9.59 Å². The van der Waals surface area contributed by atoms with Crippen LogP contribution in [0.15, 0.2) is 48.0 Å². The molecule has 4 aromatic rings. The van der Waals surface area contributed by atoms with Crippen LogP contribution in [0.1, 0.15) is 38.7 Å². The van der Waals surface area contributed by atoms with Crippen LogP contribution in [0.5, 0.6) is 0 Å². The first kappa shape index (κ1) is 18.3. The molecule has 8 nitrogen and oxygen atoms in total. The van der Waals surface area contributed by atoms with Crippen LogP contribution in [0.4, 0.5) is 5.13 Å². The van der Waals surface area contributed by atoms with Gasteiger partial charge in [0.15, 0.2) is 10.8 Å². The number of primary amides is 1. The highest BCUT2D eigenvalue weighted by Crippen LogP contribution is 2.30. The van der Waals surface area contributed by atoms with Crippen LogP contribution in [0.2, 0.25) is 0 Å². The fourth-order valence-electron chi connectivity index (χ4n) is 3.71. The molecule has 0 saturated heterocycles. The van der Waals surface area contributed by atoms with Crippen molar-refractivity contribution < 1.29 is 9.59 Å². The van der Waals surface area contributed by atoms with E-state index < -0.39 is 5.91 Å². The Labute approximate surface area is 175 Å². The summed E-state index contributed by atoms with van der Waals surface area (Å²) >= 11 is 1.31. The van der Waals surface area contributed by atoms with Gasteiger partial charge >= 0.3 is 0 Å². The summed E-state index contributed by atoms with van der Waals surface area (Å²) in [5.41, 5.74) is 10.5. The number of aromatic amines is 1. The van der Waals surface area contributed by atoms with Crippen molar-refractivity contribution in [2.24, 2.45) is 5.73 Å². The number of carbonyl (C=O) groups is 2. The van der Waals surface area contributed by atoms with Crippen LogP contribution in [0.3, 0.4) is 0 Å². The van der Waals surface area contributed by atoms with Gasteiger partial charge in [-0.1, -0.05) is 18.2 Å². The summed E-state index contributed by atoms with van der Waals surface area (Å²) in [4.78, 5) is 31.5. The van der Waals surface area contributed by atoms with Crippen LogP contribution in [0.25, 0.3) is 16.9 Å². The van der Waals surface area contributed by atoms with E-state index in [1.807, 2.05) is 40.4 Å². The van der Waals surface area contributed by atoms with Gasteiger partial charge in [0.2, 0.25) is 0 Å². The molecule has 1 aromatic carbocycles. The minimum atomic E-state index is -0.534. The molecule has 0 fully saturated rings. The summed E-state index contributed by atoms with van der Waals surface area (Å²) in [6, 6.07) is 11.5. The molecular weight excluding hydrogens is 400 g/mol. The highest BCUT2D eigenvalue weighted by Gasteiger charge is 2.27. The zero-order chi connectivity index (χ0) is 20.7.